The minimum atomic E-state index is -0.0705. The number of likely N-dealkylation sites (tertiary alicyclic amines) is 1. The standard InChI is InChI=1S/C14H25N3O/c1-10(2)17-7-5-4-6-12(17)8-14-16-9-13(18-14)11(3)15/h9-12H,4-8,15H2,1-3H3. The van der Waals surface area contributed by atoms with E-state index in [1.807, 2.05) is 6.92 Å². The van der Waals surface area contributed by atoms with Crippen molar-refractivity contribution >= 4 is 0 Å². The molecule has 4 nitrogen and oxygen atoms in total. The van der Waals surface area contributed by atoms with Gasteiger partial charge in [-0.2, -0.15) is 0 Å². The topological polar surface area (TPSA) is 55.3 Å². The van der Waals surface area contributed by atoms with E-state index in [0.29, 0.717) is 12.1 Å². The highest BCUT2D eigenvalue weighted by molar-refractivity contribution is 5.00. The molecule has 4 heteroatoms. The van der Waals surface area contributed by atoms with Crippen molar-refractivity contribution < 1.29 is 4.42 Å². The molecule has 1 aromatic rings. The molecule has 0 aromatic carbocycles. The van der Waals surface area contributed by atoms with Crippen molar-refractivity contribution in [2.45, 2.75) is 64.6 Å². The predicted molar refractivity (Wildman–Crippen MR) is 72.3 cm³/mol. The van der Waals surface area contributed by atoms with Crippen LogP contribution in [0.1, 0.15) is 57.7 Å². The number of hydrogen-bond acceptors (Lipinski definition) is 4. The molecule has 2 unspecified atom stereocenters. The summed E-state index contributed by atoms with van der Waals surface area (Å²) in [6.45, 7) is 7.65. The molecule has 0 bridgehead atoms. The van der Waals surface area contributed by atoms with E-state index in [9.17, 15) is 0 Å². The lowest BCUT2D eigenvalue weighted by Crippen LogP contribution is -2.45. The highest BCUT2D eigenvalue weighted by atomic mass is 16.4. The van der Waals surface area contributed by atoms with Gasteiger partial charge < -0.3 is 10.2 Å². The second kappa shape index (κ2) is 5.85. The third-order valence-electron chi connectivity index (χ3n) is 3.77. The molecule has 1 fully saturated rings. The van der Waals surface area contributed by atoms with Gasteiger partial charge >= 0.3 is 0 Å². The first kappa shape index (κ1) is 13.6. The van der Waals surface area contributed by atoms with Crippen molar-refractivity contribution in [3.63, 3.8) is 0 Å². The Kier molecular flexibility index (Phi) is 4.40. The van der Waals surface area contributed by atoms with Crippen LogP contribution in [0.5, 0.6) is 0 Å². The van der Waals surface area contributed by atoms with E-state index in [1.54, 1.807) is 6.20 Å². The maximum Gasteiger partial charge on any atom is 0.196 e. The minimum Gasteiger partial charge on any atom is -0.444 e. The maximum atomic E-state index is 5.79. The lowest BCUT2D eigenvalue weighted by atomic mass is 9.98. The quantitative estimate of drug-likeness (QED) is 0.893. The Bertz CT molecular complexity index is 373. The zero-order valence-corrected chi connectivity index (χ0v) is 11.7. The third-order valence-corrected chi connectivity index (χ3v) is 3.77. The molecule has 102 valence electrons. The average molecular weight is 251 g/mol. The molecule has 1 saturated heterocycles. The summed E-state index contributed by atoms with van der Waals surface area (Å²) in [6.07, 6.45) is 6.54. The van der Waals surface area contributed by atoms with Crippen LogP contribution in [0.25, 0.3) is 0 Å². The van der Waals surface area contributed by atoms with Crippen LogP contribution < -0.4 is 5.73 Å². The summed E-state index contributed by atoms with van der Waals surface area (Å²) in [7, 11) is 0. The molecule has 2 rings (SSSR count). The first-order chi connectivity index (χ1) is 8.58. The van der Waals surface area contributed by atoms with Gasteiger partial charge in [0.05, 0.1) is 12.2 Å². The van der Waals surface area contributed by atoms with Gasteiger partial charge in [-0.25, -0.2) is 4.98 Å². The Hall–Kier alpha value is -0.870. The summed E-state index contributed by atoms with van der Waals surface area (Å²) in [5.41, 5.74) is 5.79. The van der Waals surface area contributed by atoms with Crippen molar-refractivity contribution in [1.29, 1.82) is 0 Å². The van der Waals surface area contributed by atoms with Crippen molar-refractivity contribution in [2.75, 3.05) is 6.54 Å². The van der Waals surface area contributed by atoms with Gasteiger partial charge in [0.25, 0.3) is 0 Å². The molecule has 2 atom stereocenters. The number of piperidine rings is 1. The van der Waals surface area contributed by atoms with Crippen LogP contribution in [0.2, 0.25) is 0 Å². The van der Waals surface area contributed by atoms with E-state index in [4.69, 9.17) is 10.2 Å². The molecule has 1 aliphatic heterocycles. The Labute approximate surface area is 110 Å². The molecule has 2 heterocycles. The van der Waals surface area contributed by atoms with Crippen molar-refractivity contribution in [1.82, 2.24) is 9.88 Å². The number of rotatable bonds is 4. The second-order valence-corrected chi connectivity index (χ2v) is 5.63. The fourth-order valence-electron chi connectivity index (χ4n) is 2.75. The molecule has 18 heavy (non-hydrogen) atoms. The summed E-state index contributed by atoms with van der Waals surface area (Å²) in [6, 6.07) is 1.09. The van der Waals surface area contributed by atoms with E-state index in [0.717, 1.165) is 18.1 Å². The van der Waals surface area contributed by atoms with Gasteiger partial charge in [-0.15, -0.1) is 0 Å². The molecule has 0 aliphatic carbocycles. The van der Waals surface area contributed by atoms with Crippen LogP contribution in [-0.4, -0.2) is 28.5 Å². The van der Waals surface area contributed by atoms with Crippen LogP contribution in [0, 0.1) is 0 Å². The summed E-state index contributed by atoms with van der Waals surface area (Å²) in [5, 5.41) is 0. The van der Waals surface area contributed by atoms with Crippen molar-refractivity contribution in [3.05, 3.63) is 17.8 Å². The van der Waals surface area contributed by atoms with E-state index in [-0.39, 0.29) is 6.04 Å². The first-order valence-corrected chi connectivity index (χ1v) is 7.04. The highest BCUT2D eigenvalue weighted by Gasteiger charge is 2.26. The van der Waals surface area contributed by atoms with Gasteiger partial charge in [-0.1, -0.05) is 6.42 Å². The van der Waals surface area contributed by atoms with Crippen molar-refractivity contribution in [3.8, 4) is 0 Å². The van der Waals surface area contributed by atoms with Crippen LogP contribution in [0.4, 0.5) is 0 Å². The van der Waals surface area contributed by atoms with Gasteiger partial charge in [0.2, 0.25) is 0 Å². The fourth-order valence-corrected chi connectivity index (χ4v) is 2.75. The van der Waals surface area contributed by atoms with E-state index in [2.05, 4.69) is 23.7 Å². The normalized spacial score (nSPS) is 23.5. The molecule has 0 radical (unpaired) electrons. The summed E-state index contributed by atoms with van der Waals surface area (Å²) >= 11 is 0. The van der Waals surface area contributed by atoms with Gasteiger partial charge in [-0.3, -0.25) is 4.90 Å². The average Bonchev–Trinajstić information content (AvgIpc) is 2.78. The van der Waals surface area contributed by atoms with E-state index < -0.39 is 0 Å². The fraction of sp³-hybridized carbons (Fsp3) is 0.786. The number of nitrogens with two attached hydrogens (primary N) is 1. The van der Waals surface area contributed by atoms with Crippen LogP contribution in [0.15, 0.2) is 10.6 Å². The zero-order chi connectivity index (χ0) is 13.1. The Balaban J connectivity index is 2.01. The molecule has 1 aliphatic rings. The van der Waals surface area contributed by atoms with Crippen LogP contribution in [0.3, 0.4) is 0 Å². The van der Waals surface area contributed by atoms with E-state index >= 15 is 0 Å². The molecule has 2 N–H and O–H groups in total. The molecule has 0 spiro atoms. The Morgan fingerprint density at radius 2 is 2.22 bits per heavy atom. The Morgan fingerprint density at radius 1 is 1.44 bits per heavy atom. The molecular weight excluding hydrogens is 226 g/mol. The summed E-state index contributed by atoms with van der Waals surface area (Å²) < 4.78 is 5.71. The lowest BCUT2D eigenvalue weighted by Gasteiger charge is -2.38. The predicted octanol–water partition coefficient (Wildman–Crippen LogP) is 2.50. The highest BCUT2D eigenvalue weighted by Crippen LogP contribution is 2.23. The second-order valence-electron chi connectivity index (χ2n) is 5.63. The van der Waals surface area contributed by atoms with Gasteiger partial charge in [0, 0.05) is 18.5 Å². The lowest BCUT2D eigenvalue weighted by molar-refractivity contribution is 0.106. The zero-order valence-electron chi connectivity index (χ0n) is 11.7. The molecule has 0 saturated carbocycles. The smallest absolute Gasteiger partial charge is 0.196 e. The van der Waals surface area contributed by atoms with Crippen LogP contribution in [-0.2, 0) is 6.42 Å². The summed E-state index contributed by atoms with van der Waals surface area (Å²) in [4.78, 5) is 6.92. The summed E-state index contributed by atoms with van der Waals surface area (Å²) in [5.74, 6) is 1.62. The number of hydrogen-bond donors (Lipinski definition) is 1. The number of nitrogens with zero attached hydrogens (tertiary/aromatic N) is 2. The minimum absolute atomic E-state index is 0.0705. The number of aromatic nitrogens is 1. The van der Waals surface area contributed by atoms with Gasteiger partial charge in [0.15, 0.2) is 5.89 Å². The molecular formula is C14H25N3O. The number of oxazole rings is 1. The largest absolute Gasteiger partial charge is 0.444 e. The van der Waals surface area contributed by atoms with E-state index in [1.165, 1.54) is 25.8 Å². The van der Waals surface area contributed by atoms with Crippen molar-refractivity contribution in [2.24, 2.45) is 5.73 Å². The third kappa shape index (κ3) is 3.12. The van der Waals surface area contributed by atoms with Crippen LogP contribution >= 0.6 is 0 Å². The monoisotopic (exact) mass is 251 g/mol. The SMILES string of the molecule is CC(N)c1cnc(CC2CCCCN2C(C)C)o1. The first-order valence-electron chi connectivity index (χ1n) is 7.04. The molecule has 1 aromatic heterocycles. The Morgan fingerprint density at radius 3 is 2.83 bits per heavy atom. The van der Waals surface area contributed by atoms with Gasteiger partial charge in [0.1, 0.15) is 5.76 Å². The van der Waals surface area contributed by atoms with Gasteiger partial charge in [-0.05, 0) is 40.2 Å². The maximum absolute atomic E-state index is 5.79. The molecule has 0 amide bonds.